The molecule has 29 heavy (non-hydrogen) atoms. The van der Waals surface area contributed by atoms with Crippen LogP contribution in [0.25, 0.3) is 0 Å². The molecule has 4 heterocycles. The molecule has 0 aromatic carbocycles. The lowest BCUT2D eigenvalue weighted by Crippen LogP contribution is -2.48. The first kappa shape index (κ1) is 20.3. The Kier molecular flexibility index (Phi) is 6.50. The number of nitrogens with zero attached hydrogens (tertiary/aromatic N) is 4. The van der Waals surface area contributed by atoms with Crippen LogP contribution in [-0.2, 0) is 16.0 Å². The minimum absolute atomic E-state index is 0.140. The van der Waals surface area contributed by atoms with Crippen LogP contribution in [0.2, 0.25) is 0 Å². The number of aromatic amines is 1. The summed E-state index contributed by atoms with van der Waals surface area (Å²) in [6.45, 7) is 9.33. The average Bonchev–Trinajstić information content (AvgIpc) is 3.26. The number of carbonyl (C=O) groups excluding carboxylic acids is 2. The van der Waals surface area contributed by atoms with Crippen LogP contribution in [0.4, 0.5) is 0 Å². The van der Waals surface area contributed by atoms with Gasteiger partial charge in [0.2, 0.25) is 11.8 Å². The van der Waals surface area contributed by atoms with Crippen molar-refractivity contribution in [2.75, 3.05) is 52.4 Å². The summed E-state index contributed by atoms with van der Waals surface area (Å²) in [5, 5.41) is 3.33. The molecule has 2 N–H and O–H groups in total. The van der Waals surface area contributed by atoms with E-state index >= 15 is 0 Å². The highest BCUT2D eigenvalue weighted by Crippen LogP contribution is 2.26. The van der Waals surface area contributed by atoms with Gasteiger partial charge in [-0.25, -0.2) is 4.98 Å². The number of carbonyl (C=O) groups is 2. The highest BCUT2D eigenvalue weighted by Gasteiger charge is 2.33. The molecule has 0 unspecified atom stereocenters. The Morgan fingerprint density at radius 2 is 1.86 bits per heavy atom. The molecule has 0 bridgehead atoms. The Bertz CT molecular complexity index is 704. The molecule has 8 nitrogen and oxygen atoms in total. The fourth-order valence-corrected chi connectivity index (χ4v) is 4.85. The summed E-state index contributed by atoms with van der Waals surface area (Å²) in [7, 11) is 0. The normalized spacial score (nSPS) is 23.8. The van der Waals surface area contributed by atoms with Crippen LogP contribution in [0.15, 0.2) is 6.33 Å². The molecule has 3 aliphatic rings. The Morgan fingerprint density at radius 3 is 2.59 bits per heavy atom. The zero-order chi connectivity index (χ0) is 20.2. The molecule has 1 aromatic rings. The number of likely N-dealkylation sites (N-methyl/N-ethyl adjacent to an activating group) is 1. The number of nitrogens with one attached hydrogen (secondary N) is 2. The molecule has 1 atom stereocenters. The van der Waals surface area contributed by atoms with Gasteiger partial charge < -0.3 is 25.0 Å². The maximum absolute atomic E-state index is 13.0. The maximum atomic E-state index is 13.0. The largest absolute Gasteiger partial charge is 0.348 e. The van der Waals surface area contributed by atoms with Crippen LogP contribution in [0.3, 0.4) is 0 Å². The first-order valence-electron chi connectivity index (χ1n) is 11.2. The number of fused-ring (bicyclic) bond motifs is 1. The van der Waals surface area contributed by atoms with Crippen molar-refractivity contribution in [3.05, 3.63) is 17.7 Å². The monoisotopic (exact) mass is 402 g/mol. The summed E-state index contributed by atoms with van der Waals surface area (Å²) in [4.78, 5) is 39.4. The molecule has 8 heteroatoms. The minimum Gasteiger partial charge on any atom is -0.348 e. The summed E-state index contributed by atoms with van der Waals surface area (Å²) >= 11 is 0. The topological polar surface area (TPSA) is 84.6 Å². The lowest BCUT2D eigenvalue weighted by Gasteiger charge is -2.36. The van der Waals surface area contributed by atoms with E-state index in [1.54, 1.807) is 6.33 Å². The highest BCUT2D eigenvalue weighted by molar-refractivity contribution is 5.83. The third-order valence-electron chi connectivity index (χ3n) is 6.86. The molecule has 2 amide bonds. The Labute approximate surface area is 173 Å². The molecule has 0 aliphatic carbocycles. The smallest absolute Gasteiger partial charge is 0.246 e. The number of piperidine rings is 1. The fraction of sp³-hybridized carbons (Fsp3) is 0.762. The zero-order valence-electron chi connectivity index (χ0n) is 17.5. The average molecular weight is 403 g/mol. The van der Waals surface area contributed by atoms with Gasteiger partial charge in [0.25, 0.3) is 0 Å². The first-order valence-corrected chi connectivity index (χ1v) is 11.2. The second kappa shape index (κ2) is 9.26. The molecule has 3 aliphatic heterocycles. The Balaban J connectivity index is 1.20. The summed E-state index contributed by atoms with van der Waals surface area (Å²) in [6, 6.07) is -0.315. The molecule has 160 valence electrons. The van der Waals surface area contributed by atoms with E-state index in [4.69, 9.17) is 0 Å². The van der Waals surface area contributed by atoms with Crippen molar-refractivity contribution in [3.8, 4) is 0 Å². The Morgan fingerprint density at radius 1 is 1.10 bits per heavy atom. The number of H-pyrrole nitrogens is 1. The van der Waals surface area contributed by atoms with Gasteiger partial charge in [0, 0.05) is 64.3 Å². The predicted octanol–water partition coefficient (Wildman–Crippen LogP) is 0.779. The summed E-state index contributed by atoms with van der Waals surface area (Å²) in [5.74, 6) is 0.985. The second-order valence-corrected chi connectivity index (χ2v) is 8.53. The number of imidazole rings is 1. The number of piperazine rings is 1. The minimum atomic E-state index is -0.315. The summed E-state index contributed by atoms with van der Waals surface area (Å²) in [5.41, 5.74) is 1.94. The second-order valence-electron chi connectivity index (χ2n) is 8.53. The van der Waals surface area contributed by atoms with Crippen molar-refractivity contribution in [2.45, 2.75) is 45.1 Å². The van der Waals surface area contributed by atoms with Gasteiger partial charge >= 0.3 is 0 Å². The fourth-order valence-electron chi connectivity index (χ4n) is 4.85. The van der Waals surface area contributed by atoms with Crippen LogP contribution >= 0.6 is 0 Å². The van der Waals surface area contributed by atoms with Gasteiger partial charge in [-0.05, 0) is 31.7 Å². The molecular formula is C21H34N6O2. The number of hydrogen-bond donors (Lipinski definition) is 2. The molecule has 4 rings (SSSR count). The van der Waals surface area contributed by atoms with Crippen molar-refractivity contribution in [1.82, 2.24) is 30.0 Å². The van der Waals surface area contributed by atoms with E-state index in [9.17, 15) is 9.59 Å². The van der Waals surface area contributed by atoms with Crippen LogP contribution in [0.5, 0.6) is 0 Å². The molecule has 2 fully saturated rings. The van der Waals surface area contributed by atoms with E-state index in [1.165, 1.54) is 0 Å². The van der Waals surface area contributed by atoms with Gasteiger partial charge in [-0.2, -0.15) is 0 Å². The van der Waals surface area contributed by atoms with Gasteiger partial charge in [0.15, 0.2) is 0 Å². The number of amides is 2. The first-order chi connectivity index (χ1) is 14.2. The van der Waals surface area contributed by atoms with Crippen molar-refractivity contribution in [1.29, 1.82) is 0 Å². The molecule has 1 aromatic heterocycles. The molecule has 0 saturated carbocycles. The van der Waals surface area contributed by atoms with Crippen LogP contribution in [0, 0.1) is 5.92 Å². The molecular weight excluding hydrogens is 368 g/mol. The van der Waals surface area contributed by atoms with E-state index in [0.29, 0.717) is 18.2 Å². The van der Waals surface area contributed by atoms with Crippen molar-refractivity contribution in [3.63, 3.8) is 0 Å². The Hall–Kier alpha value is -1.93. The van der Waals surface area contributed by atoms with Crippen LogP contribution in [0.1, 0.15) is 50.0 Å². The standard InChI is InChI=1S/C21H34N6O2/c1-2-25-11-13-26(14-12-25)18(28)4-3-16-6-9-27(10-7-16)21(29)20-19-17(5-8-22-20)23-15-24-19/h15-16,20,22H,2-14H2,1H3,(H,23,24)/t20-/m0/s1. The number of likely N-dealkylation sites (tertiary alicyclic amines) is 1. The van der Waals surface area contributed by atoms with E-state index < -0.39 is 0 Å². The lowest BCUT2D eigenvalue weighted by atomic mass is 9.91. The maximum Gasteiger partial charge on any atom is 0.246 e. The SMILES string of the molecule is CCN1CCN(C(=O)CCC2CCN(C(=O)[C@H]3NCCc4[nH]cnc43)CC2)CC1. The number of aromatic nitrogens is 2. The van der Waals surface area contributed by atoms with E-state index in [-0.39, 0.29) is 11.9 Å². The van der Waals surface area contributed by atoms with E-state index in [1.807, 2.05) is 9.80 Å². The van der Waals surface area contributed by atoms with Gasteiger partial charge in [-0.3, -0.25) is 9.59 Å². The summed E-state index contributed by atoms with van der Waals surface area (Å²) in [6.07, 6.45) is 6.14. The third kappa shape index (κ3) is 4.64. The molecule has 0 radical (unpaired) electrons. The van der Waals surface area contributed by atoms with Crippen molar-refractivity contribution < 1.29 is 9.59 Å². The summed E-state index contributed by atoms with van der Waals surface area (Å²) < 4.78 is 0. The zero-order valence-corrected chi connectivity index (χ0v) is 17.5. The van der Waals surface area contributed by atoms with E-state index in [0.717, 1.165) is 89.4 Å². The van der Waals surface area contributed by atoms with Crippen LogP contribution in [-0.4, -0.2) is 88.8 Å². The molecule has 2 saturated heterocycles. The van der Waals surface area contributed by atoms with Gasteiger partial charge in [0.1, 0.15) is 6.04 Å². The van der Waals surface area contributed by atoms with Crippen LogP contribution < -0.4 is 5.32 Å². The van der Waals surface area contributed by atoms with Gasteiger partial charge in [-0.1, -0.05) is 6.92 Å². The lowest BCUT2D eigenvalue weighted by molar-refractivity contribution is -0.136. The number of rotatable bonds is 5. The van der Waals surface area contributed by atoms with Crippen molar-refractivity contribution in [2.24, 2.45) is 5.92 Å². The molecule has 0 spiro atoms. The predicted molar refractivity (Wildman–Crippen MR) is 110 cm³/mol. The van der Waals surface area contributed by atoms with Gasteiger partial charge in [-0.15, -0.1) is 0 Å². The van der Waals surface area contributed by atoms with E-state index in [2.05, 4.69) is 27.1 Å². The quantitative estimate of drug-likeness (QED) is 0.760. The van der Waals surface area contributed by atoms with Crippen molar-refractivity contribution >= 4 is 11.8 Å². The third-order valence-corrected chi connectivity index (χ3v) is 6.86. The van der Waals surface area contributed by atoms with Gasteiger partial charge in [0.05, 0.1) is 12.0 Å². The number of hydrogen-bond acceptors (Lipinski definition) is 5. The highest BCUT2D eigenvalue weighted by atomic mass is 16.2.